The molecule has 0 saturated carbocycles. The standard InChI is InChI=1S/C26H20N4O5/c1-14-23(25(33)30(29-14)18-10-8-15-9-11-22(31)20(15)13-18)28-27-21-7-3-6-19(24(21)32)16-4-2-5-17(12-16)26(34)35/h2-8,10,12-13,29,32H,9,11H2,1H3,(H,34,35). The molecule has 9 heteroatoms. The number of carboxylic acid groups (broad SMARTS) is 1. The molecule has 0 spiro atoms. The highest BCUT2D eigenvalue weighted by Crippen LogP contribution is 2.38. The topological polar surface area (TPSA) is 137 Å². The summed E-state index contributed by atoms with van der Waals surface area (Å²) in [5, 5.41) is 31.1. The van der Waals surface area contributed by atoms with Crippen LogP contribution in [-0.4, -0.2) is 31.7 Å². The third kappa shape index (κ3) is 3.93. The molecule has 4 aromatic rings. The summed E-state index contributed by atoms with van der Waals surface area (Å²) in [5.41, 5.74) is 3.31. The van der Waals surface area contributed by atoms with Crippen LogP contribution in [0.15, 0.2) is 75.7 Å². The van der Waals surface area contributed by atoms with E-state index >= 15 is 0 Å². The number of hydrogen-bond acceptors (Lipinski definition) is 6. The van der Waals surface area contributed by atoms with E-state index in [9.17, 15) is 24.6 Å². The van der Waals surface area contributed by atoms with Crippen molar-refractivity contribution in [3.8, 4) is 22.6 Å². The molecule has 35 heavy (non-hydrogen) atoms. The zero-order valence-corrected chi connectivity index (χ0v) is 18.6. The van der Waals surface area contributed by atoms with Crippen molar-refractivity contribution >= 4 is 23.1 Å². The monoisotopic (exact) mass is 468 g/mol. The Hall–Kier alpha value is -4.79. The smallest absolute Gasteiger partial charge is 0.335 e. The van der Waals surface area contributed by atoms with E-state index in [-0.39, 0.29) is 28.5 Å². The molecule has 1 aliphatic carbocycles. The van der Waals surface area contributed by atoms with E-state index in [2.05, 4.69) is 15.3 Å². The maximum atomic E-state index is 13.0. The van der Waals surface area contributed by atoms with Crippen molar-refractivity contribution in [3.05, 3.63) is 93.4 Å². The predicted molar refractivity (Wildman–Crippen MR) is 128 cm³/mol. The SMILES string of the molecule is Cc1[nH]n(-c2ccc3c(c2)C(=O)CC3)c(=O)c1N=Nc1cccc(-c2cccc(C(=O)O)c2)c1O. The second-order valence-electron chi connectivity index (χ2n) is 8.25. The number of nitrogens with one attached hydrogen (secondary N) is 1. The van der Waals surface area contributed by atoms with Gasteiger partial charge in [0.1, 0.15) is 5.69 Å². The van der Waals surface area contributed by atoms with Gasteiger partial charge in [-0.2, -0.15) is 0 Å². The van der Waals surface area contributed by atoms with E-state index in [4.69, 9.17) is 0 Å². The molecule has 1 aliphatic rings. The molecule has 0 bridgehead atoms. The summed E-state index contributed by atoms with van der Waals surface area (Å²) in [7, 11) is 0. The number of hydrogen-bond donors (Lipinski definition) is 3. The number of carbonyl (C=O) groups is 2. The fourth-order valence-corrected chi connectivity index (χ4v) is 4.17. The lowest BCUT2D eigenvalue weighted by atomic mass is 10.0. The van der Waals surface area contributed by atoms with Gasteiger partial charge in [-0.05, 0) is 54.8 Å². The molecule has 0 aliphatic heterocycles. The Morgan fingerprint density at radius 2 is 1.77 bits per heavy atom. The van der Waals surface area contributed by atoms with E-state index in [1.165, 1.54) is 22.9 Å². The van der Waals surface area contributed by atoms with Crippen molar-refractivity contribution in [1.82, 2.24) is 9.78 Å². The van der Waals surface area contributed by atoms with Crippen LogP contribution in [0.5, 0.6) is 5.75 Å². The fraction of sp³-hybridized carbons (Fsp3) is 0.115. The number of Topliss-reactive ketones (excluding diaryl/α,β-unsaturated/α-hetero) is 1. The summed E-state index contributed by atoms with van der Waals surface area (Å²) in [5.74, 6) is -1.21. The number of azo groups is 1. The van der Waals surface area contributed by atoms with Gasteiger partial charge < -0.3 is 10.2 Å². The Morgan fingerprint density at radius 1 is 0.971 bits per heavy atom. The number of fused-ring (bicyclic) bond motifs is 1. The second kappa shape index (κ2) is 8.53. The zero-order chi connectivity index (χ0) is 24.7. The number of carbonyl (C=O) groups excluding carboxylic acids is 1. The average molecular weight is 468 g/mol. The maximum Gasteiger partial charge on any atom is 0.335 e. The van der Waals surface area contributed by atoms with Crippen LogP contribution in [0.2, 0.25) is 0 Å². The third-order valence-corrected chi connectivity index (χ3v) is 6.01. The Labute approximate surface area is 199 Å². The Kier molecular flexibility index (Phi) is 5.37. The summed E-state index contributed by atoms with van der Waals surface area (Å²) in [6, 6.07) is 16.3. The van der Waals surface area contributed by atoms with Crippen LogP contribution in [0, 0.1) is 6.92 Å². The molecule has 0 fully saturated rings. The van der Waals surface area contributed by atoms with Gasteiger partial charge >= 0.3 is 5.97 Å². The normalized spacial score (nSPS) is 12.9. The first-order chi connectivity index (χ1) is 16.8. The van der Waals surface area contributed by atoms with Crippen molar-refractivity contribution in [2.24, 2.45) is 10.2 Å². The van der Waals surface area contributed by atoms with Gasteiger partial charge in [0.2, 0.25) is 0 Å². The van der Waals surface area contributed by atoms with Gasteiger partial charge in [0.05, 0.1) is 16.9 Å². The van der Waals surface area contributed by atoms with Crippen molar-refractivity contribution in [3.63, 3.8) is 0 Å². The summed E-state index contributed by atoms with van der Waals surface area (Å²) in [4.78, 5) is 36.4. The minimum Gasteiger partial charge on any atom is -0.505 e. The highest BCUT2D eigenvalue weighted by molar-refractivity contribution is 6.00. The summed E-state index contributed by atoms with van der Waals surface area (Å²) >= 11 is 0. The van der Waals surface area contributed by atoms with Crippen LogP contribution in [0.3, 0.4) is 0 Å². The number of aromatic hydroxyl groups is 1. The van der Waals surface area contributed by atoms with Crippen LogP contribution >= 0.6 is 0 Å². The van der Waals surface area contributed by atoms with Gasteiger partial charge in [-0.1, -0.05) is 30.3 Å². The Morgan fingerprint density at radius 3 is 2.57 bits per heavy atom. The number of aromatic nitrogens is 2. The third-order valence-electron chi connectivity index (χ3n) is 6.01. The van der Waals surface area contributed by atoms with E-state index < -0.39 is 11.5 Å². The van der Waals surface area contributed by atoms with E-state index in [0.29, 0.717) is 40.9 Å². The van der Waals surface area contributed by atoms with Crippen LogP contribution < -0.4 is 5.56 Å². The van der Waals surface area contributed by atoms with Gasteiger partial charge in [0, 0.05) is 17.5 Å². The quantitative estimate of drug-likeness (QED) is 0.350. The number of rotatable bonds is 5. The molecule has 1 heterocycles. The van der Waals surface area contributed by atoms with Crippen LogP contribution in [0.4, 0.5) is 11.4 Å². The van der Waals surface area contributed by atoms with Crippen molar-refractivity contribution in [2.45, 2.75) is 19.8 Å². The molecule has 0 unspecified atom stereocenters. The average Bonchev–Trinajstić information content (AvgIpc) is 3.36. The molecule has 5 rings (SSSR count). The summed E-state index contributed by atoms with van der Waals surface area (Å²) in [6.07, 6.45) is 1.18. The minimum absolute atomic E-state index is 0.0577. The molecule has 3 N–H and O–H groups in total. The second-order valence-corrected chi connectivity index (χ2v) is 8.25. The summed E-state index contributed by atoms with van der Waals surface area (Å²) in [6.45, 7) is 1.68. The van der Waals surface area contributed by atoms with Crippen LogP contribution in [0.25, 0.3) is 16.8 Å². The summed E-state index contributed by atoms with van der Waals surface area (Å²) < 4.78 is 1.31. The first-order valence-corrected chi connectivity index (χ1v) is 10.9. The van der Waals surface area contributed by atoms with Crippen LogP contribution in [-0.2, 0) is 6.42 Å². The molecular weight excluding hydrogens is 448 g/mol. The molecule has 1 aromatic heterocycles. The molecule has 3 aromatic carbocycles. The van der Waals surface area contributed by atoms with Gasteiger partial charge in [0.15, 0.2) is 17.2 Å². The number of benzene rings is 3. The first-order valence-electron chi connectivity index (χ1n) is 10.9. The zero-order valence-electron chi connectivity index (χ0n) is 18.6. The lowest BCUT2D eigenvalue weighted by Gasteiger charge is -2.07. The van der Waals surface area contributed by atoms with Gasteiger partial charge in [-0.3, -0.25) is 14.7 Å². The number of aromatic carboxylic acids is 1. The van der Waals surface area contributed by atoms with Crippen molar-refractivity contribution in [1.29, 1.82) is 0 Å². The Balaban J connectivity index is 1.49. The molecule has 0 saturated heterocycles. The van der Waals surface area contributed by atoms with E-state index in [1.807, 2.05) is 6.07 Å². The lowest BCUT2D eigenvalue weighted by Crippen LogP contribution is -2.14. The molecule has 0 atom stereocenters. The van der Waals surface area contributed by atoms with E-state index in [0.717, 1.165) is 5.56 Å². The highest BCUT2D eigenvalue weighted by Gasteiger charge is 2.21. The number of H-pyrrole nitrogens is 1. The number of aromatic amines is 1. The number of para-hydroxylation sites is 1. The van der Waals surface area contributed by atoms with Crippen LogP contribution in [0.1, 0.15) is 38.4 Å². The van der Waals surface area contributed by atoms with Crippen molar-refractivity contribution in [2.75, 3.05) is 0 Å². The highest BCUT2D eigenvalue weighted by atomic mass is 16.4. The number of nitrogens with zero attached hydrogens (tertiary/aromatic N) is 3. The molecular formula is C26H20N4O5. The maximum absolute atomic E-state index is 13.0. The van der Waals surface area contributed by atoms with Crippen molar-refractivity contribution < 1.29 is 19.8 Å². The Bertz CT molecular complexity index is 1600. The minimum atomic E-state index is -1.07. The lowest BCUT2D eigenvalue weighted by molar-refractivity contribution is 0.0696. The predicted octanol–water partition coefficient (Wildman–Crippen LogP) is 5.09. The number of ketones is 1. The van der Waals surface area contributed by atoms with E-state index in [1.54, 1.807) is 43.3 Å². The number of aryl methyl sites for hydroxylation is 2. The number of phenolic OH excluding ortho intramolecular Hbond substituents is 1. The van der Waals surface area contributed by atoms with Gasteiger partial charge in [-0.15, -0.1) is 10.2 Å². The van der Waals surface area contributed by atoms with Gasteiger partial charge in [-0.25, -0.2) is 9.48 Å². The molecule has 9 nitrogen and oxygen atoms in total. The number of carboxylic acids is 1. The largest absolute Gasteiger partial charge is 0.505 e. The number of phenols is 1. The van der Waals surface area contributed by atoms with Gasteiger partial charge in [0.25, 0.3) is 5.56 Å². The molecule has 174 valence electrons. The first kappa shape index (κ1) is 22.0. The molecule has 0 amide bonds. The fourth-order valence-electron chi connectivity index (χ4n) is 4.17. The molecule has 0 radical (unpaired) electrons.